The largest absolute Gasteiger partial charge is 0.496 e. The summed E-state index contributed by atoms with van der Waals surface area (Å²) in [5.74, 6) is -0.751. The van der Waals surface area contributed by atoms with Gasteiger partial charge in [-0.3, -0.25) is 4.79 Å². The topological polar surface area (TPSA) is 59.4 Å². The molecule has 0 aliphatic heterocycles. The number of carbonyl (C=O) groups is 1. The fourth-order valence-electron chi connectivity index (χ4n) is 1.65. The molecule has 1 atom stereocenters. The van der Waals surface area contributed by atoms with Gasteiger partial charge in [0.1, 0.15) is 10.8 Å². The van der Waals surface area contributed by atoms with Gasteiger partial charge in [0.15, 0.2) is 0 Å². The van der Waals surface area contributed by atoms with Crippen molar-refractivity contribution in [2.45, 2.75) is 12.8 Å². The first-order chi connectivity index (χ1) is 8.63. The summed E-state index contributed by atoms with van der Waals surface area (Å²) in [5.41, 5.74) is 1.61. The highest BCUT2D eigenvalue weighted by Gasteiger charge is 2.16. The molecule has 0 aliphatic carbocycles. The molecule has 2 aromatic rings. The normalized spacial score (nSPS) is 12.1. The van der Waals surface area contributed by atoms with Gasteiger partial charge in [-0.1, -0.05) is 6.07 Å². The fraction of sp³-hybridized carbons (Fsp3) is 0.231. The molecule has 5 heteroatoms. The van der Waals surface area contributed by atoms with Crippen LogP contribution in [-0.2, 0) is 4.79 Å². The number of ether oxygens (including phenoxy) is 1. The van der Waals surface area contributed by atoms with E-state index in [2.05, 4.69) is 4.98 Å². The molecule has 2 rings (SSSR count). The van der Waals surface area contributed by atoms with Crippen molar-refractivity contribution in [2.24, 2.45) is 0 Å². The first kappa shape index (κ1) is 12.6. The number of aromatic nitrogens is 1. The van der Waals surface area contributed by atoms with E-state index < -0.39 is 11.9 Å². The van der Waals surface area contributed by atoms with Gasteiger partial charge in [0, 0.05) is 11.6 Å². The summed E-state index contributed by atoms with van der Waals surface area (Å²) < 4.78 is 5.31. The number of carboxylic acids is 1. The van der Waals surface area contributed by atoms with Crippen LogP contribution in [0.25, 0.3) is 10.6 Å². The summed E-state index contributed by atoms with van der Waals surface area (Å²) in [6, 6.07) is 5.42. The summed E-state index contributed by atoms with van der Waals surface area (Å²) in [4.78, 5) is 15.2. The van der Waals surface area contributed by atoms with E-state index in [9.17, 15) is 4.79 Å². The van der Waals surface area contributed by atoms with Crippen molar-refractivity contribution in [3.63, 3.8) is 0 Å². The Bertz CT molecular complexity index is 551. The van der Waals surface area contributed by atoms with Crippen LogP contribution in [0.1, 0.15) is 18.4 Å². The van der Waals surface area contributed by atoms with Gasteiger partial charge in [-0.25, -0.2) is 4.98 Å². The van der Waals surface area contributed by atoms with Crippen molar-refractivity contribution in [1.29, 1.82) is 0 Å². The molecule has 94 valence electrons. The average Bonchev–Trinajstić information content (AvgIpc) is 2.90. The Labute approximate surface area is 109 Å². The van der Waals surface area contributed by atoms with E-state index in [4.69, 9.17) is 9.84 Å². The third-order valence-electron chi connectivity index (χ3n) is 2.76. The monoisotopic (exact) mass is 263 g/mol. The predicted molar refractivity (Wildman–Crippen MR) is 70.2 cm³/mol. The molecule has 0 saturated heterocycles. The molecule has 1 unspecified atom stereocenters. The smallest absolute Gasteiger partial charge is 0.310 e. The Balaban J connectivity index is 2.44. The maximum atomic E-state index is 11.0. The summed E-state index contributed by atoms with van der Waals surface area (Å²) in [5, 5.41) is 11.8. The average molecular weight is 263 g/mol. The zero-order valence-electron chi connectivity index (χ0n) is 10.1. The van der Waals surface area contributed by atoms with Gasteiger partial charge in [0.2, 0.25) is 0 Å². The molecule has 0 aliphatic rings. The van der Waals surface area contributed by atoms with Gasteiger partial charge < -0.3 is 9.84 Å². The summed E-state index contributed by atoms with van der Waals surface area (Å²) >= 11 is 1.52. The van der Waals surface area contributed by atoms with Crippen molar-refractivity contribution in [1.82, 2.24) is 4.98 Å². The number of nitrogens with zero attached hydrogens (tertiary/aromatic N) is 1. The minimum absolute atomic E-state index is 0.552. The number of methoxy groups -OCH3 is 1. The van der Waals surface area contributed by atoms with Crippen molar-refractivity contribution in [3.05, 3.63) is 35.3 Å². The highest BCUT2D eigenvalue weighted by Crippen LogP contribution is 2.33. The number of carboxylic acid groups (broad SMARTS) is 1. The lowest BCUT2D eigenvalue weighted by Gasteiger charge is -2.11. The Hall–Kier alpha value is -1.88. The number of benzene rings is 1. The van der Waals surface area contributed by atoms with Crippen LogP contribution in [0.2, 0.25) is 0 Å². The van der Waals surface area contributed by atoms with Gasteiger partial charge in [-0.2, -0.15) is 0 Å². The van der Waals surface area contributed by atoms with Crippen LogP contribution in [0.15, 0.2) is 29.8 Å². The van der Waals surface area contributed by atoms with Gasteiger partial charge in [-0.05, 0) is 24.6 Å². The van der Waals surface area contributed by atoms with E-state index in [1.54, 1.807) is 32.4 Å². The molecule has 0 spiro atoms. The highest BCUT2D eigenvalue weighted by atomic mass is 32.1. The fourth-order valence-corrected chi connectivity index (χ4v) is 2.32. The molecule has 0 saturated carbocycles. The lowest BCUT2D eigenvalue weighted by molar-refractivity contribution is -0.138. The summed E-state index contributed by atoms with van der Waals surface area (Å²) in [6.07, 6.45) is 1.73. The number of hydrogen-bond donors (Lipinski definition) is 1. The molecule has 4 nitrogen and oxygen atoms in total. The maximum Gasteiger partial charge on any atom is 0.310 e. The van der Waals surface area contributed by atoms with Crippen molar-refractivity contribution in [2.75, 3.05) is 7.11 Å². The van der Waals surface area contributed by atoms with Crippen LogP contribution in [0.5, 0.6) is 5.75 Å². The minimum atomic E-state index is -0.848. The lowest BCUT2D eigenvalue weighted by atomic mass is 9.99. The molecule has 0 radical (unpaired) electrons. The van der Waals surface area contributed by atoms with E-state index in [1.165, 1.54) is 11.3 Å². The predicted octanol–water partition coefficient (Wildman–Crippen LogP) is 3.01. The molecule has 1 aromatic heterocycles. The third kappa shape index (κ3) is 2.36. The third-order valence-corrected chi connectivity index (χ3v) is 3.57. The van der Waals surface area contributed by atoms with Crippen LogP contribution in [-0.4, -0.2) is 23.2 Å². The maximum absolute atomic E-state index is 11.0. The number of hydrogen-bond acceptors (Lipinski definition) is 4. The Morgan fingerprint density at radius 1 is 1.50 bits per heavy atom. The van der Waals surface area contributed by atoms with Crippen molar-refractivity contribution >= 4 is 17.3 Å². The van der Waals surface area contributed by atoms with Crippen LogP contribution in [0.3, 0.4) is 0 Å². The van der Waals surface area contributed by atoms with E-state index in [1.807, 2.05) is 11.4 Å². The molecule has 0 amide bonds. The minimum Gasteiger partial charge on any atom is -0.496 e. The second-order valence-electron chi connectivity index (χ2n) is 3.86. The van der Waals surface area contributed by atoms with Crippen molar-refractivity contribution in [3.8, 4) is 16.3 Å². The molecule has 0 fully saturated rings. The zero-order valence-corrected chi connectivity index (χ0v) is 10.9. The quantitative estimate of drug-likeness (QED) is 0.921. The SMILES string of the molecule is COc1cc(C(C)C(=O)O)ccc1-c1nccs1. The Morgan fingerprint density at radius 2 is 2.28 bits per heavy atom. The molecular weight excluding hydrogens is 250 g/mol. The van der Waals surface area contributed by atoms with Crippen LogP contribution in [0.4, 0.5) is 0 Å². The van der Waals surface area contributed by atoms with Gasteiger partial charge in [-0.15, -0.1) is 11.3 Å². The Morgan fingerprint density at radius 3 is 2.83 bits per heavy atom. The lowest BCUT2D eigenvalue weighted by Crippen LogP contribution is -2.07. The second-order valence-corrected chi connectivity index (χ2v) is 4.75. The number of aliphatic carboxylic acids is 1. The number of rotatable bonds is 4. The summed E-state index contributed by atoms with van der Waals surface area (Å²) in [7, 11) is 1.57. The first-order valence-corrected chi connectivity index (χ1v) is 6.32. The van der Waals surface area contributed by atoms with Crippen LogP contribution >= 0.6 is 11.3 Å². The van der Waals surface area contributed by atoms with Gasteiger partial charge in [0.05, 0.1) is 18.6 Å². The zero-order chi connectivity index (χ0) is 13.1. The first-order valence-electron chi connectivity index (χ1n) is 5.44. The molecule has 1 heterocycles. The molecule has 1 N–H and O–H groups in total. The van der Waals surface area contributed by atoms with Crippen LogP contribution in [0, 0.1) is 0 Å². The molecule has 0 bridgehead atoms. The van der Waals surface area contributed by atoms with Crippen molar-refractivity contribution < 1.29 is 14.6 Å². The van der Waals surface area contributed by atoms with E-state index in [0.717, 1.165) is 16.1 Å². The molecule has 1 aromatic carbocycles. The standard InChI is InChI=1S/C13H13NO3S/c1-8(13(15)16)9-3-4-10(11(7-9)17-2)12-14-5-6-18-12/h3-8H,1-2H3,(H,15,16). The molecular formula is C13H13NO3S. The van der Waals surface area contributed by atoms with E-state index in [-0.39, 0.29) is 0 Å². The van der Waals surface area contributed by atoms with Gasteiger partial charge in [0.25, 0.3) is 0 Å². The van der Waals surface area contributed by atoms with Gasteiger partial charge >= 0.3 is 5.97 Å². The second kappa shape index (κ2) is 5.18. The highest BCUT2D eigenvalue weighted by molar-refractivity contribution is 7.13. The molecule has 18 heavy (non-hydrogen) atoms. The number of thiazole rings is 1. The summed E-state index contributed by atoms with van der Waals surface area (Å²) in [6.45, 7) is 1.65. The van der Waals surface area contributed by atoms with E-state index >= 15 is 0 Å². The van der Waals surface area contributed by atoms with E-state index in [0.29, 0.717) is 5.75 Å². The Kier molecular flexibility index (Phi) is 3.62. The van der Waals surface area contributed by atoms with Crippen LogP contribution < -0.4 is 4.74 Å².